The van der Waals surface area contributed by atoms with Crippen LogP contribution in [0.25, 0.3) is 0 Å². The van der Waals surface area contributed by atoms with Crippen LogP contribution in [0.3, 0.4) is 0 Å². The fraction of sp³-hybridized carbons (Fsp3) is 0.633. The first-order chi connectivity index (χ1) is 18.9. The fourth-order valence-corrected chi connectivity index (χ4v) is 4.75. The van der Waals surface area contributed by atoms with E-state index in [9.17, 15) is 24.0 Å². The summed E-state index contributed by atoms with van der Waals surface area (Å²) in [7, 11) is 0. The quantitative estimate of drug-likeness (QED) is 0.187. The molecule has 10 heteroatoms. The number of carbonyl (C=O) groups excluding carboxylic acids is 5. The van der Waals surface area contributed by atoms with E-state index in [1.54, 1.807) is 25.6 Å². The van der Waals surface area contributed by atoms with Crippen molar-refractivity contribution in [3.8, 4) is 0 Å². The van der Waals surface area contributed by atoms with Crippen LogP contribution in [-0.4, -0.2) is 66.1 Å². The third kappa shape index (κ3) is 12.1. The van der Waals surface area contributed by atoms with Gasteiger partial charge in [0.05, 0.1) is 6.04 Å². The highest BCUT2D eigenvalue weighted by molar-refractivity contribution is 7.98. The molecular formula is C30H48N4O5S. The van der Waals surface area contributed by atoms with Crippen LogP contribution in [0.4, 0.5) is 0 Å². The molecule has 40 heavy (non-hydrogen) atoms. The molecule has 9 nitrogen and oxygen atoms in total. The lowest BCUT2D eigenvalue weighted by Gasteiger charge is -2.29. The number of nitrogens with one attached hydrogen (secondary N) is 4. The first-order valence-electron chi connectivity index (χ1n) is 14.1. The lowest BCUT2D eigenvalue weighted by Crippen LogP contribution is -2.59. The number of benzene rings is 1. The Morgan fingerprint density at radius 3 is 1.98 bits per heavy atom. The smallest absolute Gasteiger partial charge is 0.243 e. The molecule has 1 rings (SSSR count). The number of thioether (sulfide) groups is 1. The first-order valence-corrected chi connectivity index (χ1v) is 15.5. The SMILES string of the molecule is CCC(C)C(NC(=O)C(CCSC)NC=O)C(=O)NC(Cc1ccccc1)C(=O)NC(CC(C)C)C(=O)C(C)C. The lowest BCUT2D eigenvalue weighted by molar-refractivity contribution is -0.135. The van der Waals surface area contributed by atoms with Crippen LogP contribution in [0, 0.1) is 17.8 Å². The van der Waals surface area contributed by atoms with E-state index in [1.807, 2.05) is 64.3 Å². The topological polar surface area (TPSA) is 133 Å². The third-order valence-electron chi connectivity index (χ3n) is 6.84. The molecule has 0 saturated carbocycles. The van der Waals surface area contributed by atoms with E-state index in [0.29, 0.717) is 31.4 Å². The van der Waals surface area contributed by atoms with Gasteiger partial charge in [0.2, 0.25) is 24.1 Å². The maximum absolute atomic E-state index is 13.6. The van der Waals surface area contributed by atoms with Gasteiger partial charge in [0.25, 0.3) is 0 Å². The second-order valence-electron chi connectivity index (χ2n) is 11.0. The van der Waals surface area contributed by atoms with Gasteiger partial charge in [0.15, 0.2) is 5.78 Å². The minimum atomic E-state index is -0.964. The summed E-state index contributed by atoms with van der Waals surface area (Å²) in [5, 5.41) is 11.1. The van der Waals surface area contributed by atoms with Crippen molar-refractivity contribution in [2.24, 2.45) is 17.8 Å². The number of hydrogen-bond donors (Lipinski definition) is 4. The van der Waals surface area contributed by atoms with E-state index in [0.717, 1.165) is 5.56 Å². The molecule has 4 N–H and O–H groups in total. The van der Waals surface area contributed by atoms with E-state index in [-0.39, 0.29) is 30.0 Å². The van der Waals surface area contributed by atoms with E-state index in [4.69, 9.17) is 0 Å². The lowest BCUT2D eigenvalue weighted by atomic mass is 9.93. The van der Waals surface area contributed by atoms with Gasteiger partial charge in [-0.15, -0.1) is 0 Å². The van der Waals surface area contributed by atoms with Gasteiger partial charge in [-0.25, -0.2) is 0 Å². The molecule has 5 atom stereocenters. The molecule has 0 bridgehead atoms. The minimum absolute atomic E-state index is 0.0597. The van der Waals surface area contributed by atoms with Crippen molar-refractivity contribution in [2.75, 3.05) is 12.0 Å². The molecule has 0 spiro atoms. The zero-order chi connectivity index (χ0) is 30.2. The molecule has 0 aromatic heterocycles. The van der Waals surface area contributed by atoms with Gasteiger partial charge in [0, 0.05) is 12.3 Å². The molecule has 0 saturated heterocycles. The normalized spacial score (nSPS) is 14.9. The Kier molecular flexibility index (Phi) is 16.2. The van der Waals surface area contributed by atoms with Crippen molar-refractivity contribution in [3.05, 3.63) is 35.9 Å². The Morgan fingerprint density at radius 1 is 0.850 bits per heavy atom. The van der Waals surface area contributed by atoms with Crippen molar-refractivity contribution < 1.29 is 24.0 Å². The molecule has 4 amide bonds. The Morgan fingerprint density at radius 2 is 1.45 bits per heavy atom. The summed E-state index contributed by atoms with van der Waals surface area (Å²) >= 11 is 1.55. The number of rotatable bonds is 19. The molecule has 0 aliphatic carbocycles. The maximum Gasteiger partial charge on any atom is 0.243 e. The molecule has 0 radical (unpaired) electrons. The van der Waals surface area contributed by atoms with Crippen LogP contribution in [0.1, 0.15) is 66.4 Å². The van der Waals surface area contributed by atoms with E-state index < -0.39 is 41.9 Å². The molecular weight excluding hydrogens is 528 g/mol. The van der Waals surface area contributed by atoms with Gasteiger partial charge in [-0.3, -0.25) is 24.0 Å². The molecule has 1 aromatic rings. The van der Waals surface area contributed by atoms with Crippen LogP contribution in [0.2, 0.25) is 0 Å². The summed E-state index contributed by atoms with van der Waals surface area (Å²) in [6.45, 7) is 11.3. The number of Topliss-reactive ketones (excluding diaryl/α,β-unsaturated/α-hetero) is 1. The van der Waals surface area contributed by atoms with Gasteiger partial charge in [-0.1, -0.05) is 78.3 Å². The van der Waals surface area contributed by atoms with Crippen LogP contribution < -0.4 is 21.3 Å². The summed E-state index contributed by atoms with van der Waals surface area (Å²) in [6, 6.07) is 5.99. The second kappa shape index (κ2) is 18.5. The Labute approximate surface area is 243 Å². The summed E-state index contributed by atoms with van der Waals surface area (Å²) in [5.41, 5.74) is 0.843. The van der Waals surface area contributed by atoms with Gasteiger partial charge in [0.1, 0.15) is 18.1 Å². The molecule has 0 fully saturated rings. The van der Waals surface area contributed by atoms with Crippen molar-refractivity contribution in [1.82, 2.24) is 21.3 Å². The van der Waals surface area contributed by atoms with Gasteiger partial charge < -0.3 is 21.3 Å². The predicted molar refractivity (Wildman–Crippen MR) is 161 cm³/mol. The van der Waals surface area contributed by atoms with Crippen LogP contribution >= 0.6 is 11.8 Å². The zero-order valence-electron chi connectivity index (χ0n) is 25.0. The molecule has 5 unspecified atom stereocenters. The monoisotopic (exact) mass is 576 g/mol. The highest BCUT2D eigenvalue weighted by Gasteiger charge is 2.33. The highest BCUT2D eigenvalue weighted by Crippen LogP contribution is 2.14. The largest absolute Gasteiger partial charge is 0.347 e. The van der Waals surface area contributed by atoms with Crippen molar-refractivity contribution >= 4 is 41.7 Å². The Hall–Kier alpha value is -2.88. The van der Waals surface area contributed by atoms with E-state index >= 15 is 0 Å². The third-order valence-corrected chi connectivity index (χ3v) is 7.49. The highest BCUT2D eigenvalue weighted by atomic mass is 32.2. The number of ketones is 1. The van der Waals surface area contributed by atoms with Crippen molar-refractivity contribution in [3.63, 3.8) is 0 Å². The van der Waals surface area contributed by atoms with E-state index in [1.165, 1.54) is 0 Å². The summed E-state index contributed by atoms with van der Waals surface area (Å²) in [4.78, 5) is 64.2. The van der Waals surface area contributed by atoms with Crippen LogP contribution in [0.15, 0.2) is 30.3 Å². The Balaban J connectivity index is 3.24. The number of hydrogen-bond acceptors (Lipinski definition) is 6. The fourth-order valence-electron chi connectivity index (χ4n) is 4.28. The zero-order valence-corrected chi connectivity index (χ0v) is 25.8. The molecule has 0 aliphatic heterocycles. The Bertz CT molecular complexity index is 957. The van der Waals surface area contributed by atoms with Crippen LogP contribution in [0.5, 0.6) is 0 Å². The van der Waals surface area contributed by atoms with Crippen molar-refractivity contribution in [1.29, 1.82) is 0 Å². The standard InChI is InChI=1S/C30H48N4O5S/c1-8-21(6)26(34-28(37)23(31-18-35)14-15-40-7)30(39)33-25(17-22-12-10-9-11-13-22)29(38)32-24(16-19(2)3)27(36)20(4)5/h9-13,18-21,23-26H,8,14-17H2,1-7H3,(H,31,35)(H,32,38)(H,33,39)(H,34,37). The predicted octanol–water partition coefficient (Wildman–Crippen LogP) is 2.87. The molecule has 224 valence electrons. The van der Waals surface area contributed by atoms with Gasteiger partial charge in [-0.05, 0) is 42.2 Å². The van der Waals surface area contributed by atoms with Gasteiger partial charge in [-0.2, -0.15) is 11.8 Å². The average Bonchev–Trinajstić information content (AvgIpc) is 2.92. The molecule has 0 aliphatic rings. The van der Waals surface area contributed by atoms with Gasteiger partial charge >= 0.3 is 0 Å². The second-order valence-corrected chi connectivity index (χ2v) is 12.0. The molecule has 1 aromatic carbocycles. The maximum atomic E-state index is 13.6. The average molecular weight is 577 g/mol. The minimum Gasteiger partial charge on any atom is -0.347 e. The molecule has 0 heterocycles. The van der Waals surface area contributed by atoms with Crippen molar-refractivity contribution in [2.45, 2.75) is 91.4 Å². The van der Waals surface area contributed by atoms with Crippen LogP contribution in [-0.2, 0) is 30.4 Å². The number of carbonyl (C=O) groups is 5. The van der Waals surface area contributed by atoms with E-state index in [2.05, 4.69) is 21.3 Å². The summed E-state index contributed by atoms with van der Waals surface area (Å²) in [5.74, 6) is -1.12. The first kappa shape index (κ1) is 35.1. The summed E-state index contributed by atoms with van der Waals surface area (Å²) < 4.78 is 0. The number of amides is 4. The summed E-state index contributed by atoms with van der Waals surface area (Å²) in [6.07, 6.45) is 4.11.